The fourth-order valence-corrected chi connectivity index (χ4v) is 1.92. The van der Waals surface area contributed by atoms with E-state index in [1.807, 2.05) is 13.1 Å². The summed E-state index contributed by atoms with van der Waals surface area (Å²) >= 11 is 0. The molecule has 1 N–H and O–H groups in total. The molecule has 16 heavy (non-hydrogen) atoms. The maximum absolute atomic E-state index is 4.62. The highest BCUT2D eigenvalue weighted by molar-refractivity contribution is 5.48. The first kappa shape index (κ1) is 11.2. The van der Waals surface area contributed by atoms with Gasteiger partial charge in [0, 0.05) is 19.6 Å². The lowest BCUT2D eigenvalue weighted by Gasteiger charge is -2.23. The van der Waals surface area contributed by atoms with Crippen molar-refractivity contribution in [1.82, 2.24) is 4.98 Å². The predicted octanol–water partition coefficient (Wildman–Crippen LogP) is 2.89. The SMILES string of the molecule is CCCCN(c1cccc(NC)n1)C1CC1. The quantitative estimate of drug-likeness (QED) is 0.797. The van der Waals surface area contributed by atoms with Crippen molar-refractivity contribution in [2.45, 2.75) is 38.6 Å². The van der Waals surface area contributed by atoms with Crippen LogP contribution in [0.1, 0.15) is 32.6 Å². The number of aromatic nitrogens is 1. The second kappa shape index (κ2) is 5.19. The van der Waals surface area contributed by atoms with Gasteiger partial charge in [-0.05, 0) is 31.4 Å². The molecule has 1 aromatic rings. The molecule has 0 aliphatic heterocycles. The van der Waals surface area contributed by atoms with E-state index >= 15 is 0 Å². The van der Waals surface area contributed by atoms with Gasteiger partial charge in [0.1, 0.15) is 11.6 Å². The number of hydrogen-bond acceptors (Lipinski definition) is 3. The number of anilines is 2. The van der Waals surface area contributed by atoms with E-state index < -0.39 is 0 Å². The van der Waals surface area contributed by atoms with Crippen LogP contribution in [0.25, 0.3) is 0 Å². The Morgan fingerprint density at radius 2 is 2.25 bits per heavy atom. The Bertz CT molecular complexity index is 334. The summed E-state index contributed by atoms with van der Waals surface area (Å²) in [6, 6.07) is 6.95. The Morgan fingerprint density at radius 1 is 1.44 bits per heavy atom. The Morgan fingerprint density at radius 3 is 2.88 bits per heavy atom. The lowest BCUT2D eigenvalue weighted by atomic mass is 10.3. The zero-order valence-corrected chi connectivity index (χ0v) is 10.2. The van der Waals surface area contributed by atoms with Gasteiger partial charge < -0.3 is 10.2 Å². The van der Waals surface area contributed by atoms with Crippen molar-refractivity contribution in [2.75, 3.05) is 23.8 Å². The van der Waals surface area contributed by atoms with Crippen LogP contribution in [0.5, 0.6) is 0 Å². The minimum atomic E-state index is 0.742. The van der Waals surface area contributed by atoms with Crippen molar-refractivity contribution in [3.63, 3.8) is 0 Å². The van der Waals surface area contributed by atoms with E-state index in [2.05, 4.69) is 34.3 Å². The molecule has 0 radical (unpaired) electrons. The summed E-state index contributed by atoms with van der Waals surface area (Å²) in [4.78, 5) is 7.08. The fourth-order valence-electron chi connectivity index (χ4n) is 1.92. The summed E-state index contributed by atoms with van der Waals surface area (Å²) in [5.74, 6) is 2.09. The van der Waals surface area contributed by atoms with Crippen molar-refractivity contribution in [3.8, 4) is 0 Å². The molecule has 0 bridgehead atoms. The van der Waals surface area contributed by atoms with Crippen LogP contribution >= 0.6 is 0 Å². The monoisotopic (exact) mass is 219 g/mol. The van der Waals surface area contributed by atoms with Crippen molar-refractivity contribution in [2.24, 2.45) is 0 Å². The van der Waals surface area contributed by atoms with Crippen molar-refractivity contribution in [3.05, 3.63) is 18.2 Å². The number of unbranched alkanes of at least 4 members (excludes halogenated alkanes) is 1. The van der Waals surface area contributed by atoms with Gasteiger partial charge in [-0.15, -0.1) is 0 Å². The van der Waals surface area contributed by atoms with E-state index in [1.165, 1.54) is 25.7 Å². The molecular formula is C13H21N3. The predicted molar refractivity (Wildman–Crippen MR) is 69.1 cm³/mol. The molecule has 1 aromatic heterocycles. The van der Waals surface area contributed by atoms with E-state index in [0.717, 1.165) is 24.2 Å². The minimum absolute atomic E-state index is 0.742. The fraction of sp³-hybridized carbons (Fsp3) is 0.615. The smallest absolute Gasteiger partial charge is 0.131 e. The molecule has 0 spiro atoms. The molecular weight excluding hydrogens is 198 g/mol. The van der Waals surface area contributed by atoms with Crippen molar-refractivity contribution in [1.29, 1.82) is 0 Å². The maximum atomic E-state index is 4.62. The van der Waals surface area contributed by atoms with Crippen molar-refractivity contribution >= 4 is 11.6 Å². The molecule has 88 valence electrons. The standard InChI is InChI=1S/C13H21N3/c1-3-4-10-16(11-8-9-11)13-7-5-6-12(14-2)15-13/h5-7,11H,3-4,8-10H2,1-2H3,(H,14,15). The first-order chi connectivity index (χ1) is 7.85. The molecule has 3 heteroatoms. The summed E-state index contributed by atoms with van der Waals surface area (Å²) in [5, 5.41) is 3.10. The molecule has 0 amide bonds. The second-order valence-corrected chi connectivity index (χ2v) is 4.41. The van der Waals surface area contributed by atoms with Crippen LogP contribution in [-0.4, -0.2) is 24.6 Å². The average Bonchev–Trinajstić information content (AvgIpc) is 3.14. The Hall–Kier alpha value is -1.25. The second-order valence-electron chi connectivity index (χ2n) is 4.41. The number of hydrogen-bond donors (Lipinski definition) is 1. The zero-order chi connectivity index (χ0) is 11.4. The van der Waals surface area contributed by atoms with Crippen LogP contribution in [0.3, 0.4) is 0 Å². The van der Waals surface area contributed by atoms with Crippen LogP contribution < -0.4 is 10.2 Å². The van der Waals surface area contributed by atoms with E-state index in [0.29, 0.717) is 0 Å². The Labute approximate surface area is 97.9 Å². The Kier molecular flexibility index (Phi) is 3.65. The molecule has 0 aromatic carbocycles. The highest BCUT2D eigenvalue weighted by atomic mass is 15.2. The van der Waals surface area contributed by atoms with Gasteiger partial charge in [0.2, 0.25) is 0 Å². The normalized spacial score (nSPS) is 14.9. The van der Waals surface area contributed by atoms with E-state index in [-0.39, 0.29) is 0 Å². The number of pyridine rings is 1. The van der Waals surface area contributed by atoms with Gasteiger partial charge in [0.05, 0.1) is 0 Å². The van der Waals surface area contributed by atoms with E-state index in [4.69, 9.17) is 0 Å². The summed E-state index contributed by atoms with van der Waals surface area (Å²) in [6.45, 7) is 3.38. The summed E-state index contributed by atoms with van der Waals surface area (Å²) in [6.07, 6.45) is 5.15. The minimum Gasteiger partial charge on any atom is -0.373 e. The van der Waals surface area contributed by atoms with Crippen LogP contribution in [0.15, 0.2) is 18.2 Å². The Balaban J connectivity index is 2.10. The zero-order valence-electron chi connectivity index (χ0n) is 10.2. The topological polar surface area (TPSA) is 28.2 Å². The molecule has 1 heterocycles. The van der Waals surface area contributed by atoms with Gasteiger partial charge in [-0.2, -0.15) is 0 Å². The summed E-state index contributed by atoms with van der Waals surface area (Å²) < 4.78 is 0. The van der Waals surface area contributed by atoms with Gasteiger partial charge in [0.15, 0.2) is 0 Å². The average molecular weight is 219 g/mol. The molecule has 1 saturated carbocycles. The molecule has 0 atom stereocenters. The highest BCUT2D eigenvalue weighted by Crippen LogP contribution is 2.31. The number of rotatable bonds is 6. The van der Waals surface area contributed by atoms with Crippen molar-refractivity contribution < 1.29 is 0 Å². The molecule has 2 rings (SSSR count). The van der Waals surface area contributed by atoms with E-state index in [1.54, 1.807) is 0 Å². The van der Waals surface area contributed by atoms with Crippen LogP contribution in [0.2, 0.25) is 0 Å². The van der Waals surface area contributed by atoms with Crippen LogP contribution in [0, 0.1) is 0 Å². The first-order valence-electron chi connectivity index (χ1n) is 6.26. The van der Waals surface area contributed by atoms with Gasteiger partial charge >= 0.3 is 0 Å². The third kappa shape index (κ3) is 2.65. The van der Waals surface area contributed by atoms with Gasteiger partial charge in [-0.3, -0.25) is 0 Å². The highest BCUT2D eigenvalue weighted by Gasteiger charge is 2.29. The summed E-state index contributed by atoms with van der Waals surface area (Å²) in [7, 11) is 1.92. The summed E-state index contributed by atoms with van der Waals surface area (Å²) in [5.41, 5.74) is 0. The molecule has 1 aliphatic rings. The van der Waals surface area contributed by atoms with Gasteiger partial charge in [0.25, 0.3) is 0 Å². The number of nitrogens with zero attached hydrogens (tertiary/aromatic N) is 2. The molecule has 0 unspecified atom stereocenters. The third-order valence-electron chi connectivity index (χ3n) is 3.03. The molecule has 0 saturated heterocycles. The first-order valence-corrected chi connectivity index (χ1v) is 6.26. The van der Waals surface area contributed by atoms with Crippen LogP contribution in [-0.2, 0) is 0 Å². The lowest BCUT2D eigenvalue weighted by Crippen LogP contribution is -2.27. The molecule has 3 nitrogen and oxygen atoms in total. The third-order valence-corrected chi connectivity index (χ3v) is 3.03. The molecule has 1 fully saturated rings. The molecule has 1 aliphatic carbocycles. The van der Waals surface area contributed by atoms with Gasteiger partial charge in [-0.25, -0.2) is 4.98 Å². The van der Waals surface area contributed by atoms with Gasteiger partial charge in [-0.1, -0.05) is 19.4 Å². The number of nitrogens with one attached hydrogen (secondary N) is 1. The largest absolute Gasteiger partial charge is 0.373 e. The maximum Gasteiger partial charge on any atom is 0.131 e. The lowest BCUT2D eigenvalue weighted by molar-refractivity contribution is 0.705. The van der Waals surface area contributed by atoms with E-state index in [9.17, 15) is 0 Å². The van der Waals surface area contributed by atoms with Crippen LogP contribution in [0.4, 0.5) is 11.6 Å².